The maximum Gasteiger partial charge on any atom is 0.0731 e. The van der Waals surface area contributed by atoms with E-state index in [-0.39, 0.29) is 0 Å². The molecule has 1 fully saturated rings. The topological polar surface area (TPSA) is 22.6 Å². The monoisotopic (exact) mass is 488 g/mol. The van der Waals surface area contributed by atoms with E-state index in [9.17, 15) is 0 Å². The van der Waals surface area contributed by atoms with Crippen molar-refractivity contribution >= 4 is 28.2 Å². The molecule has 35 heavy (non-hydrogen) atoms. The van der Waals surface area contributed by atoms with Crippen LogP contribution in [0.15, 0.2) is 67.4 Å². The Morgan fingerprint density at radius 2 is 1.74 bits per heavy atom. The zero-order valence-corrected chi connectivity index (χ0v) is 22.1. The van der Waals surface area contributed by atoms with Crippen molar-refractivity contribution in [2.45, 2.75) is 32.7 Å². The number of fused-ring (bicyclic) bond motifs is 1. The summed E-state index contributed by atoms with van der Waals surface area (Å²) < 4.78 is 0. The molecule has 1 aliphatic rings. The third-order valence-corrected chi connectivity index (χ3v) is 7.05. The highest BCUT2D eigenvalue weighted by Gasteiger charge is 2.20. The third kappa shape index (κ3) is 6.06. The van der Waals surface area contributed by atoms with Crippen molar-refractivity contribution in [1.29, 1.82) is 0 Å². The van der Waals surface area contributed by atoms with Crippen molar-refractivity contribution in [1.82, 2.24) is 19.7 Å². The molecule has 1 aliphatic heterocycles. The van der Waals surface area contributed by atoms with Crippen LogP contribution in [0, 0.1) is 0 Å². The first-order valence-electron chi connectivity index (χ1n) is 12.6. The van der Waals surface area contributed by atoms with Gasteiger partial charge in [-0.15, -0.1) is 0 Å². The van der Waals surface area contributed by atoms with Crippen molar-refractivity contribution < 1.29 is 0 Å². The SMILES string of the molecule is C=C(CCCC)N1CCN(C(=C)c2ccc3c(Cl)cc(-c4cccc(CN(C)C)c4)nc3c2)CC1. The fourth-order valence-corrected chi connectivity index (χ4v) is 4.98. The second-order valence-electron chi connectivity index (χ2n) is 9.75. The Morgan fingerprint density at radius 3 is 2.46 bits per heavy atom. The van der Waals surface area contributed by atoms with Gasteiger partial charge in [0.05, 0.1) is 16.2 Å². The van der Waals surface area contributed by atoms with Gasteiger partial charge in [-0.2, -0.15) is 0 Å². The average Bonchev–Trinajstić information content (AvgIpc) is 2.86. The van der Waals surface area contributed by atoms with Crippen LogP contribution in [-0.2, 0) is 6.54 Å². The third-order valence-electron chi connectivity index (χ3n) is 6.74. The van der Waals surface area contributed by atoms with Gasteiger partial charge in [0, 0.05) is 55.1 Å². The number of nitrogens with zero attached hydrogens (tertiary/aromatic N) is 4. The first-order valence-corrected chi connectivity index (χ1v) is 12.9. The second-order valence-corrected chi connectivity index (χ2v) is 10.2. The van der Waals surface area contributed by atoms with E-state index < -0.39 is 0 Å². The van der Waals surface area contributed by atoms with Crippen LogP contribution in [0.5, 0.6) is 0 Å². The summed E-state index contributed by atoms with van der Waals surface area (Å²) in [5.74, 6) is 0. The van der Waals surface area contributed by atoms with Crippen LogP contribution in [0.2, 0.25) is 5.02 Å². The normalized spacial score (nSPS) is 14.1. The van der Waals surface area contributed by atoms with E-state index in [1.807, 2.05) is 6.07 Å². The van der Waals surface area contributed by atoms with Crippen molar-refractivity contribution in [3.8, 4) is 11.3 Å². The summed E-state index contributed by atoms with van der Waals surface area (Å²) in [7, 11) is 4.16. The molecular weight excluding hydrogens is 452 g/mol. The van der Waals surface area contributed by atoms with Crippen molar-refractivity contribution in [3.05, 3.63) is 83.5 Å². The summed E-state index contributed by atoms with van der Waals surface area (Å²) in [5, 5.41) is 1.69. The summed E-state index contributed by atoms with van der Waals surface area (Å²) in [5.41, 5.74) is 7.53. The molecule has 2 aromatic carbocycles. The largest absolute Gasteiger partial charge is 0.372 e. The molecule has 0 atom stereocenters. The van der Waals surface area contributed by atoms with E-state index >= 15 is 0 Å². The quantitative estimate of drug-likeness (QED) is 0.326. The first-order chi connectivity index (χ1) is 16.9. The number of halogens is 1. The first kappa shape index (κ1) is 25.3. The van der Waals surface area contributed by atoms with E-state index in [1.165, 1.54) is 24.1 Å². The molecule has 0 radical (unpaired) electrons. The van der Waals surface area contributed by atoms with Gasteiger partial charge in [-0.1, -0.05) is 68.4 Å². The maximum atomic E-state index is 6.70. The molecule has 1 aromatic heterocycles. The van der Waals surface area contributed by atoms with Crippen LogP contribution in [0.25, 0.3) is 27.9 Å². The molecule has 0 saturated carbocycles. The number of hydrogen-bond acceptors (Lipinski definition) is 4. The molecule has 184 valence electrons. The average molecular weight is 489 g/mol. The maximum absolute atomic E-state index is 6.70. The van der Waals surface area contributed by atoms with Gasteiger partial charge in [0.1, 0.15) is 0 Å². The summed E-state index contributed by atoms with van der Waals surface area (Å²) in [6.45, 7) is 15.7. The molecule has 4 nitrogen and oxygen atoms in total. The summed E-state index contributed by atoms with van der Waals surface area (Å²) in [6.07, 6.45) is 3.51. The lowest BCUT2D eigenvalue weighted by atomic mass is 10.0. The van der Waals surface area contributed by atoms with E-state index in [4.69, 9.17) is 16.6 Å². The molecule has 0 aliphatic carbocycles. The standard InChI is InChI=1S/C30H37ClN4/c1-6-7-9-22(2)34-14-16-35(17-15-34)23(3)25-12-13-27-28(31)20-29(32-30(27)19-25)26-11-8-10-24(18-26)21-33(4)5/h8,10-13,18-20H,2-3,6-7,9,14-17,21H2,1,4-5H3. The number of hydrogen-bond donors (Lipinski definition) is 0. The molecule has 3 aromatic rings. The van der Waals surface area contributed by atoms with E-state index in [1.54, 1.807) is 0 Å². The molecule has 1 saturated heterocycles. The van der Waals surface area contributed by atoms with Gasteiger partial charge in [-0.25, -0.2) is 4.98 Å². The minimum atomic E-state index is 0.722. The smallest absolute Gasteiger partial charge is 0.0731 e. The molecule has 0 unspecified atom stereocenters. The number of benzene rings is 2. The van der Waals surface area contributed by atoms with Crippen LogP contribution >= 0.6 is 11.6 Å². The Hall–Kier alpha value is -2.82. The highest BCUT2D eigenvalue weighted by molar-refractivity contribution is 6.35. The minimum Gasteiger partial charge on any atom is -0.372 e. The lowest BCUT2D eigenvalue weighted by Crippen LogP contribution is -2.44. The molecule has 0 amide bonds. The Labute approximate surface area is 215 Å². The number of allylic oxidation sites excluding steroid dienone is 1. The molecule has 4 rings (SSSR count). The van der Waals surface area contributed by atoms with Crippen molar-refractivity contribution in [2.24, 2.45) is 0 Å². The van der Waals surface area contributed by atoms with Gasteiger partial charge >= 0.3 is 0 Å². The van der Waals surface area contributed by atoms with Crippen LogP contribution in [-0.4, -0.2) is 60.0 Å². The molecule has 0 bridgehead atoms. The molecule has 5 heteroatoms. The summed E-state index contributed by atoms with van der Waals surface area (Å²) >= 11 is 6.70. The van der Waals surface area contributed by atoms with Crippen molar-refractivity contribution in [3.63, 3.8) is 0 Å². The minimum absolute atomic E-state index is 0.722. The second kappa shape index (κ2) is 11.3. The lowest BCUT2D eigenvalue weighted by Gasteiger charge is -2.39. The fourth-order valence-electron chi connectivity index (χ4n) is 4.72. The molecule has 0 N–H and O–H groups in total. The Bertz CT molecular complexity index is 1210. The predicted octanol–water partition coefficient (Wildman–Crippen LogP) is 6.91. The van der Waals surface area contributed by atoms with Gasteiger partial charge in [0.2, 0.25) is 0 Å². The molecule has 2 heterocycles. The van der Waals surface area contributed by atoms with E-state index in [2.05, 4.69) is 91.3 Å². The van der Waals surface area contributed by atoms with Gasteiger partial charge in [0.25, 0.3) is 0 Å². The highest BCUT2D eigenvalue weighted by Crippen LogP contribution is 2.31. The Morgan fingerprint density at radius 1 is 1.00 bits per heavy atom. The number of unbranched alkanes of at least 4 members (excludes halogenated alkanes) is 1. The van der Waals surface area contributed by atoms with Crippen LogP contribution in [0.4, 0.5) is 0 Å². The number of pyridine rings is 1. The van der Waals surface area contributed by atoms with Crippen LogP contribution < -0.4 is 0 Å². The van der Waals surface area contributed by atoms with Crippen LogP contribution in [0.1, 0.15) is 37.3 Å². The number of piperazine rings is 1. The van der Waals surface area contributed by atoms with Gasteiger partial charge in [-0.3, -0.25) is 0 Å². The number of aromatic nitrogens is 1. The molecule has 0 spiro atoms. The van der Waals surface area contributed by atoms with E-state index in [0.717, 1.165) is 77.6 Å². The highest BCUT2D eigenvalue weighted by atomic mass is 35.5. The zero-order chi connectivity index (χ0) is 24.9. The Balaban J connectivity index is 1.53. The van der Waals surface area contributed by atoms with Crippen LogP contribution in [0.3, 0.4) is 0 Å². The lowest BCUT2D eigenvalue weighted by molar-refractivity contribution is 0.209. The summed E-state index contributed by atoms with van der Waals surface area (Å²) in [4.78, 5) is 12.0. The Kier molecular flexibility index (Phi) is 8.15. The fraction of sp³-hybridized carbons (Fsp3) is 0.367. The predicted molar refractivity (Wildman–Crippen MR) is 150 cm³/mol. The van der Waals surface area contributed by atoms with E-state index in [0.29, 0.717) is 0 Å². The van der Waals surface area contributed by atoms with Gasteiger partial charge in [0.15, 0.2) is 0 Å². The van der Waals surface area contributed by atoms with Gasteiger partial charge < -0.3 is 14.7 Å². The summed E-state index contributed by atoms with van der Waals surface area (Å²) in [6, 6.07) is 16.8. The van der Waals surface area contributed by atoms with Crippen molar-refractivity contribution in [2.75, 3.05) is 40.3 Å². The zero-order valence-electron chi connectivity index (χ0n) is 21.4. The van der Waals surface area contributed by atoms with Gasteiger partial charge in [-0.05, 0) is 56.3 Å². The molecular formula is C30H37ClN4. The number of rotatable bonds is 9.